The topological polar surface area (TPSA) is 70.7 Å². The van der Waals surface area contributed by atoms with Gasteiger partial charge in [0.1, 0.15) is 0 Å². The van der Waals surface area contributed by atoms with Gasteiger partial charge >= 0.3 is 6.03 Å². The third kappa shape index (κ3) is 1.87. The number of fused-ring (bicyclic) bond motifs is 1. The monoisotopic (exact) mass is 196 g/mol. The Balaban J connectivity index is 1.99. The van der Waals surface area contributed by atoms with Crippen molar-refractivity contribution in [1.29, 1.82) is 0 Å². The molecular formula is C9H16N4O. The summed E-state index contributed by atoms with van der Waals surface area (Å²) in [5, 5.41) is 4.06. The van der Waals surface area contributed by atoms with Crippen molar-refractivity contribution in [1.82, 2.24) is 10.3 Å². The van der Waals surface area contributed by atoms with Crippen molar-refractivity contribution in [3.63, 3.8) is 0 Å². The number of hydrazone groups is 1. The summed E-state index contributed by atoms with van der Waals surface area (Å²) < 4.78 is 0. The lowest BCUT2D eigenvalue weighted by Crippen LogP contribution is -2.38. The lowest BCUT2D eigenvalue weighted by Gasteiger charge is -2.28. The fourth-order valence-electron chi connectivity index (χ4n) is 2.32. The van der Waals surface area contributed by atoms with E-state index in [1.54, 1.807) is 0 Å². The molecule has 0 bridgehead atoms. The molecule has 2 saturated heterocycles. The summed E-state index contributed by atoms with van der Waals surface area (Å²) in [5.41, 5.74) is 8.38. The van der Waals surface area contributed by atoms with Crippen LogP contribution in [-0.4, -0.2) is 35.8 Å². The summed E-state index contributed by atoms with van der Waals surface area (Å²) in [6, 6.07) is -0.123. The molecule has 2 aliphatic heterocycles. The van der Waals surface area contributed by atoms with Crippen molar-refractivity contribution >= 4 is 11.7 Å². The zero-order chi connectivity index (χ0) is 9.97. The summed E-state index contributed by atoms with van der Waals surface area (Å²) in [6.45, 7) is 2.24. The molecule has 3 N–H and O–H groups in total. The van der Waals surface area contributed by atoms with Crippen LogP contribution in [0.4, 0.5) is 4.79 Å². The first-order chi connectivity index (χ1) is 6.77. The molecule has 1 unspecified atom stereocenters. The number of amides is 2. The summed E-state index contributed by atoms with van der Waals surface area (Å²) in [7, 11) is 0. The second kappa shape index (κ2) is 3.96. The lowest BCUT2D eigenvalue weighted by atomic mass is 10.0. The number of carbonyl (C=O) groups excluding carboxylic acids is 1. The Morgan fingerprint density at radius 3 is 3.14 bits per heavy atom. The Labute approximate surface area is 83.3 Å². The smallest absolute Gasteiger partial charge is 0.332 e. The lowest BCUT2D eigenvalue weighted by molar-refractivity contribution is 0.222. The van der Waals surface area contributed by atoms with Crippen LogP contribution >= 0.6 is 0 Å². The first-order valence-electron chi connectivity index (χ1n) is 5.13. The Morgan fingerprint density at radius 1 is 1.50 bits per heavy atom. The van der Waals surface area contributed by atoms with Gasteiger partial charge in [-0.25, -0.2) is 10.2 Å². The van der Waals surface area contributed by atoms with Crippen LogP contribution in [0.25, 0.3) is 0 Å². The number of primary amides is 1. The van der Waals surface area contributed by atoms with Crippen LogP contribution in [0.3, 0.4) is 0 Å². The molecule has 0 spiro atoms. The Bertz CT molecular complexity index is 264. The van der Waals surface area contributed by atoms with Crippen LogP contribution in [0.15, 0.2) is 5.10 Å². The summed E-state index contributed by atoms with van der Waals surface area (Å²) in [6.07, 6.45) is 4.67. The molecule has 14 heavy (non-hydrogen) atoms. The molecule has 5 nitrogen and oxygen atoms in total. The predicted octanol–water partition coefficient (Wildman–Crippen LogP) is 0.269. The highest BCUT2D eigenvalue weighted by Crippen LogP contribution is 2.24. The van der Waals surface area contributed by atoms with Gasteiger partial charge < -0.3 is 5.73 Å². The molecule has 2 heterocycles. The van der Waals surface area contributed by atoms with E-state index in [1.165, 1.54) is 25.8 Å². The van der Waals surface area contributed by atoms with Crippen LogP contribution < -0.4 is 11.2 Å². The van der Waals surface area contributed by atoms with Gasteiger partial charge in [-0.15, -0.1) is 0 Å². The maximum atomic E-state index is 10.5. The van der Waals surface area contributed by atoms with Gasteiger partial charge in [0, 0.05) is 19.0 Å². The number of nitrogens with one attached hydrogen (secondary N) is 1. The molecule has 1 atom stereocenters. The second-order valence-corrected chi connectivity index (χ2v) is 3.88. The first-order valence-corrected chi connectivity index (χ1v) is 5.13. The molecule has 2 rings (SSSR count). The van der Waals surface area contributed by atoms with Gasteiger partial charge in [-0.3, -0.25) is 4.90 Å². The zero-order valence-corrected chi connectivity index (χ0v) is 8.20. The third-order valence-corrected chi connectivity index (χ3v) is 2.96. The van der Waals surface area contributed by atoms with Crippen molar-refractivity contribution < 1.29 is 4.79 Å². The van der Waals surface area contributed by atoms with E-state index in [1.807, 2.05) is 0 Å². The average Bonchev–Trinajstić information content (AvgIpc) is 2.58. The largest absolute Gasteiger partial charge is 0.350 e. The number of rotatable bonds is 1. The van der Waals surface area contributed by atoms with Gasteiger partial charge in [-0.1, -0.05) is 6.42 Å². The van der Waals surface area contributed by atoms with Crippen LogP contribution in [-0.2, 0) is 0 Å². The average molecular weight is 196 g/mol. The van der Waals surface area contributed by atoms with Crippen LogP contribution in [0.2, 0.25) is 0 Å². The minimum Gasteiger partial charge on any atom is -0.350 e. The standard InChI is InChI=1S/C9H16N4O/c10-9(14)12-11-7-4-6-13-5-2-1-3-8(7)13/h8H,1-6H2,(H3,10,12,14)/b11-7-. The number of piperidine rings is 1. The van der Waals surface area contributed by atoms with E-state index < -0.39 is 6.03 Å². The van der Waals surface area contributed by atoms with Crippen molar-refractivity contribution in [3.05, 3.63) is 0 Å². The zero-order valence-electron chi connectivity index (χ0n) is 8.20. The van der Waals surface area contributed by atoms with Crippen molar-refractivity contribution in [2.45, 2.75) is 31.7 Å². The Hall–Kier alpha value is -1.10. The molecule has 5 heteroatoms. The quantitative estimate of drug-likeness (QED) is 0.591. The van der Waals surface area contributed by atoms with Crippen molar-refractivity contribution in [2.75, 3.05) is 13.1 Å². The number of nitrogens with two attached hydrogens (primary N) is 1. The molecular weight excluding hydrogens is 180 g/mol. The van der Waals surface area contributed by atoms with E-state index in [0.29, 0.717) is 6.04 Å². The Kier molecular flexibility index (Phi) is 2.67. The van der Waals surface area contributed by atoms with Gasteiger partial charge in [-0.05, 0) is 19.4 Å². The first kappa shape index (κ1) is 9.45. The number of nitrogens with zero attached hydrogens (tertiary/aromatic N) is 2. The van der Waals surface area contributed by atoms with E-state index in [9.17, 15) is 4.79 Å². The minimum absolute atomic E-state index is 0.454. The molecule has 0 radical (unpaired) electrons. The molecule has 78 valence electrons. The van der Waals surface area contributed by atoms with Gasteiger partial charge in [0.25, 0.3) is 0 Å². The van der Waals surface area contributed by atoms with Gasteiger partial charge in [0.05, 0.1) is 5.71 Å². The predicted molar refractivity (Wildman–Crippen MR) is 54.0 cm³/mol. The third-order valence-electron chi connectivity index (χ3n) is 2.96. The number of hydrogen-bond donors (Lipinski definition) is 2. The molecule has 0 saturated carbocycles. The van der Waals surface area contributed by atoms with Gasteiger partial charge in [0.2, 0.25) is 0 Å². The fourth-order valence-corrected chi connectivity index (χ4v) is 2.32. The summed E-state index contributed by atoms with van der Waals surface area (Å²) >= 11 is 0. The normalized spacial score (nSPS) is 30.3. The van der Waals surface area contributed by atoms with E-state index in [2.05, 4.69) is 15.4 Å². The minimum atomic E-state index is -0.577. The van der Waals surface area contributed by atoms with E-state index in [-0.39, 0.29) is 0 Å². The van der Waals surface area contributed by atoms with Crippen molar-refractivity contribution in [3.8, 4) is 0 Å². The molecule has 2 amide bonds. The van der Waals surface area contributed by atoms with Crippen molar-refractivity contribution in [2.24, 2.45) is 10.8 Å². The van der Waals surface area contributed by atoms with E-state index in [4.69, 9.17) is 5.73 Å². The molecule has 2 fully saturated rings. The fraction of sp³-hybridized carbons (Fsp3) is 0.778. The molecule has 2 aliphatic rings. The second-order valence-electron chi connectivity index (χ2n) is 3.88. The molecule has 0 aromatic carbocycles. The van der Waals surface area contributed by atoms with Gasteiger partial charge in [-0.2, -0.15) is 5.10 Å². The Morgan fingerprint density at radius 2 is 2.36 bits per heavy atom. The number of urea groups is 1. The van der Waals surface area contributed by atoms with E-state index >= 15 is 0 Å². The summed E-state index contributed by atoms with van der Waals surface area (Å²) in [4.78, 5) is 12.9. The summed E-state index contributed by atoms with van der Waals surface area (Å²) in [5.74, 6) is 0. The molecule has 0 aromatic rings. The molecule has 0 aromatic heterocycles. The SMILES string of the molecule is NC(=O)N/N=C1/CCN2CCCCC12. The van der Waals surface area contributed by atoms with Crippen LogP contribution in [0, 0.1) is 0 Å². The number of hydrogen-bond acceptors (Lipinski definition) is 3. The maximum absolute atomic E-state index is 10.5. The number of carbonyl (C=O) groups is 1. The van der Waals surface area contributed by atoms with Gasteiger partial charge in [0.15, 0.2) is 0 Å². The van der Waals surface area contributed by atoms with E-state index in [0.717, 1.165) is 18.7 Å². The van der Waals surface area contributed by atoms with Crippen LogP contribution in [0.5, 0.6) is 0 Å². The highest BCUT2D eigenvalue weighted by atomic mass is 16.2. The highest BCUT2D eigenvalue weighted by Gasteiger charge is 2.32. The molecule has 0 aliphatic carbocycles. The van der Waals surface area contributed by atoms with Crippen LogP contribution in [0.1, 0.15) is 25.7 Å². The highest BCUT2D eigenvalue weighted by molar-refractivity contribution is 5.92. The maximum Gasteiger partial charge on any atom is 0.332 e.